The van der Waals surface area contributed by atoms with Crippen molar-refractivity contribution in [2.75, 3.05) is 19.8 Å². The van der Waals surface area contributed by atoms with Crippen LogP contribution in [0.3, 0.4) is 0 Å². The predicted octanol–water partition coefficient (Wildman–Crippen LogP) is -0.750. The van der Waals surface area contributed by atoms with E-state index < -0.39 is 0 Å². The molecule has 0 aromatic heterocycles. The zero-order valence-corrected chi connectivity index (χ0v) is 6.53. The van der Waals surface area contributed by atoms with Crippen molar-refractivity contribution in [1.29, 1.82) is 0 Å². The summed E-state index contributed by atoms with van der Waals surface area (Å²) in [5.74, 6) is 0.503. The molecule has 0 spiro atoms. The average Bonchev–Trinajstić information content (AvgIpc) is 1.90. The first-order valence-corrected chi connectivity index (χ1v) is 3.39. The third-order valence-electron chi connectivity index (χ3n) is 1.09. The second-order valence-corrected chi connectivity index (χ2v) is 2.00. The zero-order valence-electron chi connectivity index (χ0n) is 5.64. The lowest BCUT2D eigenvalue weighted by Crippen LogP contribution is -2.42. The second kappa shape index (κ2) is 4.64. The number of hydrogen-bond donors (Lipinski definition) is 3. The number of thiol groups is 1. The quantitative estimate of drug-likeness (QED) is 0.461. The molecule has 0 aliphatic heterocycles. The lowest BCUT2D eigenvalue weighted by molar-refractivity contribution is -0.121. The fraction of sp³-hybridized carbons (Fsp3) is 0.800. The van der Waals surface area contributed by atoms with E-state index in [-0.39, 0.29) is 11.9 Å². The molecule has 0 radical (unpaired) electrons. The normalized spacial score (nSPS) is 12.8. The van der Waals surface area contributed by atoms with Gasteiger partial charge in [0.25, 0.3) is 0 Å². The van der Waals surface area contributed by atoms with Gasteiger partial charge in [0.15, 0.2) is 0 Å². The first kappa shape index (κ1) is 8.78. The van der Waals surface area contributed by atoms with E-state index >= 15 is 0 Å². The predicted molar refractivity (Wildman–Crippen MR) is 40.8 cm³/mol. The van der Waals surface area contributed by atoms with E-state index in [4.69, 9.17) is 0 Å². The van der Waals surface area contributed by atoms with Crippen molar-refractivity contribution in [2.24, 2.45) is 0 Å². The molecule has 0 aliphatic carbocycles. The molecular weight excluding hydrogens is 136 g/mol. The molecule has 0 saturated carbocycles. The van der Waals surface area contributed by atoms with Gasteiger partial charge in [0.1, 0.15) is 0 Å². The molecule has 0 aromatic rings. The largest absolute Gasteiger partial charge is 0.358 e. The third kappa shape index (κ3) is 2.72. The number of likely N-dealkylation sites (N-methyl/N-ethyl adjacent to an activating group) is 2. The van der Waals surface area contributed by atoms with Gasteiger partial charge in [-0.15, -0.1) is 0 Å². The summed E-state index contributed by atoms with van der Waals surface area (Å²) >= 11 is 3.97. The summed E-state index contributed by atoms with van der Waals surface area (Å²) in [7, 11) is 3.34. The Morgan fingerprint density at radius 2 is 2.22 bits per heavy atom. The molecule has 0 saturated heterocycles. The van der Waals surface area contributed by atoms with E-state index in [1.807, 2.05) is 0 Å². The maximum Gasteiger partial charge on any atom is 0.237 e. The molecule has 2 N–H and O–H groups in total. The average molecular weight is 148 g/mol. The lowest BCUT2D eigenvalue weighted by Gasteiger charge is -2.09. The first-order chi connectivity index (χ1) is 4.26. The lowest BCUT2D eigenvalue weighted by atomic mass is 10.3. The molecule has 1 atom stereocenters. The molecule has 3 nitrogen and oxygen atoms in total. The van der Waals surface area contributed by atoms with Gasteiger partial charge in [0.05, 0.1) is 6.04 Å². The van der Waals surface area contributed by atoms with Crippen LogP contribution >= 0.6 is 12.6 Å². The van der Waals surface area contributed by atoms with Crippen molar-refractivity contribution in [3.05, 3.63) is 0 Å². The Balaban J connectivity index is 3.64. The molecule has 0 heterocycles. The van der Waals surface area contributed by atoms with Crippen molar-refractivity contribution in [2.45, 2.75) is 6.04 Å². The topological polar surface area (TPSA) is 41.1 Å². The van der Waals surface area contributed by atoms with Gasteiger partial charge in [-0.2, -0.15) is 12.6 Å². The molecule has 0 fully saturated rings. The van der Waals surface area contributed by atoms with Crippen LogP contribution in [0.2, 0.25) is 0 Å². The molecule has 1 amide bonds. The fourth-order valence-electron chi connectivity index (χ4n) is 0.480. The van der Waals surface area contributed by atoms with Crippen molar-refractivity contribution >= 4 is 18.5 Å². The van der Waals surface area contributed by atoms with Crippen LogP contribution in [0.4, 0.5) is 0 Å². The molecule has 0 aromatic carbocycles. The number of carbonyl (C=O) groups excluding carboxylic acids is 1. The molecular formula is C5H12N2OS. The van der Waals surface area contributed by atoms with Gasteiger partial charge >= 0.3 is 0 Å². The SMILES string of the molecule is CNC(=O)C(CS)NC. The Bertz CT molecular complexity index is 93.0. The van der Waals surface area contributed by atoms with Gasteiger partial charge in [-0.05, 0) is 7.05 Å². The second-order valence-electron chi connectivity index (χ2n) is 1.64. The maximum atomic E-state index is 10.8. The number of carbonyl (C=O) groups is 1. The van der Waals surface area contributed by atoms with Gasteiger partial charge in [-0.3, -0.25) is 4.79 Å². The smallest absolute Gasteiger partial charge is 0.237 e. The fourth-order valence-corrected chi connectivity index (χ4v) is 0.828. The highest BCUT2D eigenvalue weighted by atomic mass is 32.1. The summed E-state index contributed by atoms with van der Waals surface area (Å²) in [6, 6.07) is -0.168. The van der Waals surface area contributed by atoms with E-state index in [1.165, 1.54) is 0 Å². The van der Waals surface area contributed by atoms with Crippen LogP contribution in [0.15, 0.2) is 0 Å². The van der Waals surface area contributed by atoms with Crippen molar-refractivity contribution in [3.8, 4) is 0 Å². The van der Waals surface area contributed by atoms with E-state index in [2.05, 4.69) is 23.3 Å². The van der Waals surface area contributed by atoms with Crippen LogP contribution in [0.1, 0.15) is 0 Å². The number of hydrogen-bond acceptors (Lipinski definition) is 3. The van der Waals surface area contributed by atoms with E-state index in [0.717, 1.165) is 0 Å². The number of rotatable bonds is 3. The number of amides is 1. The van der Waals surface area contributed by atoms with Gasteiger partial charge in [0, 0.05) is 12.8 Å². The summed E-state index contributed by atoms with van der Waals surface area (Å²) in [5, 5.41) is 5.33. The maximum absolute atomic E-state index is 10.8. The molecule has 0 bridgehead atoms. The monoisotopic (exact) mass is 148 g/mol. The Kier molecular flexibility index (Phi) is 4.53. The molecule has 0 rings (SSSR count). The van der Waals surface area contributed by atoms with Crippen LogP contribution < -0.4 is 10.6 Å². The van der Waals surface area contributed by atoms with Gasteiger partial charge in [-0.1, -0.05) is 0 Å². The van der Waals surface area contributed by atoms with Crippen LogP contribution in [0, 0.1) is 0 Å². The van der Waals surface area contributed by atoms with Crippen molar-refractivity contribution in [3.63, 3.8) is 0 Å². The highest BCUT2D eigenvalue weighted by Crippen LogP contribution is 1.84. The minimum Gasteiger partial charge on any atom is -0.358 e. The summed E-state index contributed by atoms with van der Waals surface area (Å²) in [6.45, 7) is 0. The summed E-state index contributed by atoms with van der Waals surface area (Å²) in [6.07, 6.45) is 0. The molecule has 0 aliphatic rings. The number of nitrogens with one attached hydrogen (secondary N) is 2. The third-order valence-corrected chi connectivity index (χ3v) is 1.46. The van der Waals surface area contributed by atoms with E-state index in [9.17, 15) is 4.79 Å². The van der Waals surface area contributed by atoms with Crippen molar-refractivity contribution < 1.29 is 4.79 Å². The molecule has 54 valence electrons. The van der Waals surface area contributed by atoms with Gasteiger partial charge in [0.2, 0.25) is 5.91 Å². The van der Waals surface area contributed by atoms with E-state index in [1.54, 1.807) is 14.1 Å². The standard InChI is InChI=1S/C5H12N2OS/c1-6-4(3-9)5(8)7-2/h4,6,9H,3H2,1-2H3,(H,7,8). The van der Waals surface area contributed by atoms with Crippen LogP contribution in [-0.2, 0) is 4.79 Å². The van der Waals surface area contributed by atoms with Crippen LogP contribution in [-0.4, -0.2) is 31.8 Å². The summed E-state index contributed by atoms with van der Waals surface area (Å²) in [5.41, 5.74) is 0. The molecule has 4 heteroatoms. The minimum absolute atomic E-state index is 0.0208. The Hall–Kier alpha value is -0.220. The highest BCUT2D eigenvalue weighted by Gasteiger charge is 2.10. The Morgan fingerprint density at radius 1 is 1.67 bits per heavy atom. The molecule has 9 heavy (non-hydrogen) atoms. The zero-order chi connectivity index (χ0) is 7.28. The molecule has 1 unspecified atom stereocenters. The Morgan fingerprint density at radius 3 is 2.33 bits per heavy atom. The Labute approximate surface area is 60.6 Å². The minimum atomic E-state index is -0.168. The van der Waals surface area contributed by atoms with Crippen molar-refractivity contribution in [1.82, 2.24) is 10.6 Å². The van der Waals surface area contributed by atoms with Gasteiger partial charge in [-0.25, -0.2) is 0 Å². The summed E-state index contributed by atoms with van der Waals surface area (Å²) < 4.78 is 0. The van der Waals surface area contributed by atoms with Crippen LogP contribution in [0.25, 0.3) is 0 Å². The van der Waals surface area contributed by atoms with E-state index in [0.29, 0.717) is 5.75 Å². The summed E-state index contributed by atoms with van der Waals surface area (Å²) in [4.78, 5) is 10.8. The highest BCUT2D eigenvalue weighted by molar-refractivity contribution is 7.80. The first-order valence-electron chi connectivity index (χ1n) is 2.76. The van der Waals surface area contributed by atoms with Gasteiger partial charge < -0.3 is 10.6 Å². The van der Waals surface area contributed by atoms with Crippen LogP contribution in [0.5, 0.6) is 0 Å².